The summed E-state index contributed by atoms with van der Waals surface area (Å²) in [5, 5.41) is 0. The molecule has 0 atom stereocenters. The molecule has 0 radical (unpaired) electrons. The number of para-hydroxylation sites is 2. The fourth-order valence-corrected chi connectivity index (χ4v) is 9.44. The Morgan fingerprint density at radius 3 is 0.613 bits per heavy atom. The minimum absolute atomic E-state index is 0.109. The van der Waals surface area contributed by atoms with Gasteiger partial charge in [0, 0.05) is 45.5 Å². The van der Waals surface area contributed by atoms with Crippen LogP contribution in [0.15, 0.2) is 231 Å². The summed E-state index contributed by atoms with van der Waals surface area (Å²) in [5.74, 6) is 1.29. The summed E-state index contributed by atoms with van der Waals surface area (Å²) >= 11 is 0. The molecule has 10 aromatic carbocycles. The predicted molar refractivity (Wildman–Crippen MR) is 318 cm³/mol. The number of aryl methyl sites for hydroxylation is 8. The molecule has 0 heterocycles. The third-order valence-electron chi connectivity index (χ3n) is 13.7. The van der Waals surface area contributed by atoms with Gasteiger partial charge in [0.2, 0.25) is 0 Å². The molecule has 0 unspecified atom stereocenters. The number of hydrogen-bond donors (Lipinski definition) is 0. The van der Waals surface area contributed by atoms with Crippen LogP contribution in [0, 0.1) is 55.4 Å². The largest absolute Gasteiger partial charge is 0.576 e. The van der Waals surface area contributed by atoms with Crippen molar-refractivity contribution in [1.29, 1.82) is 0 Å². The van der Waals surface area contributed by atoms with Crippen molar-refractivity contribution < 1.29 is 9.31 Å². The molecule has 0 aromatic heterocycles. The van der Waals surface area contributed by atoms with Crippen LogP contribution in [0.5, 0.6) is 11.5 Å². The lowest BCUT2D eigenvalue weighted by molar-refractivity contribution is 0.460. The Balaban J connectivity index is 1.17. The van der Waals surface area contributed by atoms with Gasteiger partial charge in [-0.25, -0.2) is 0 Å². The molecule has 10 aromatic rings. The number of benzene rings is 10. The molecule has 0 aliphatic rings. The van der Waals surface area contributed by atoms with E-state index in [0.29, 0.717) is 11.5 Å². The number of nitrogens with zero attached hydrogens (tertiary/aromatic N) is 4. The van der Waals surface area contributed by atoms with E-state index in [1.54, 1.807) is 0 Å². The molecule has 0 N–H and O–H groups in total. The van der Waals surface area contributed by atoms with Crippen LogP contribution in [0.25, 0.3) is 0 Å². The van der Waals surface area contributed by atoms with Gasteiger partial charge in [0.25, 0.3) is 0 Å². The number of rotatable bonds is 16. The Kier molecular flexibility index (Phi) is 14.6. The Morgan fingerprint density at radius 1 is 0.227 bits per heavy atom. The molecular weight excluding hydrogens is 916 g/mol. The minimum Gasteiger partial charge on any atom is -0.527 e. The van der Waals surface area contributed by atoms with Crippen LogP contribution in [0.3, 0.4) is 0 Å². The first-order chi connectivity index (χ1) is 36.5. The van der Waals surface area contributed by atoms with E-state index in [0.717, 1.165) is 68.2 Å². The molecule has 6 nitrogen and oxygen atoms in total. The lowest BCUT2D eigenvalue weighted by Crippen LogP contribution is -2.21. The molecule has 7 heteroatoms. The van der Waals surface area contributed by atoms with E-state index in [9.17, 15) is 0 Å². The van der Waals surface area contributed by atoms with E-state index in [1.807, 2.05) is 0 Å². The third kappa shape index (κ3) is 11.0. The van der Waals surface area contributed by atoms with Crippen LogP contribution in [0.1, 0.15) is 44.5 Å². The summed E-state index contributed by atoms with van der Waals surface area (Å²) in [6.07, 6.45) is 0. The molecule has 370 valence electrons. The van der Waals surface area contributed by atoms with Gasteiger partial charge in [-0.05, 0) is 177 Å². The van der Waals surface area contributed by atoms with Crippen molar-refractivity contribution in [3.63, 3.8) is 0 Å². The minimum atomic E-state index is -0.109. The van der Waals surface area contributed by atoms with Crippen molar-refractivity contribution in [3.8, 4) is 11.5 Å². The first kappa shape index (κ1) is 49.6. The van der Waals surface area contributed by atoms with Crippen molar-refractivity contribution in [2.45, 2.75) is 55.4 Å². The fourth-order valence-electron chi connectivity index (χ4n) is 9.44. The van der Waals surface area contributed by atoms with Crippen molar-refractivity contribution in [3.05, 3.63) is 275 Å². The second-order valence-corrected chi connectivity index (χ2v) is 19.7. The molecule has 75 heavy (non-hydrogen) atoms. The van der Waals surface area contributed by atoms with Crippen LogP contribution in [-0.4, -0.2) is 7.69 Å². The lowest BCUT2D eigenvalue weighted by atomic mass is 10.1. The Hall–Kier alpha value is -8.94. The summed E-state index contributed by atoms with van der Waals surface area (Å²) in [7, 11) is -0.109. The zero-order valence-electron chi connectivity index (χ0n) is 44.3. The van der Waals surface area contributed by atoms with Gasteiger partial charge in [0.1, 0.15) is 22.9 Å². The highest BCUT2D eigenvalue weighted by molar-refractivity contribution is 6.22. The smallest absolute Gasteiger partial charge is 0.527 e. The number of anilines is 12. The topological polar surface area (TPSA) is 31.4 Å². The molecule has 0 saturated heterocycles. The highest BCUT2D eigenvalue weighted by atomic mass is 16.6. The van der Waals surface area contributed by atoms with Crippen molar-refractivity contribution >= 4 is 75.9 Å². The van der Waals surface area contributed by atoms with Gasteiger partial charge in [0.05, 0.1) is 11.4 Å². The molecule has 0 bridgehead atoms. The van der Waals surface area contributed by atoms with Crippen LogP contribution in [0.4, 0.5) is 68.2 Å². The number of hydrogen-bond acceptors (Lipinski definition) is 6. The molecule has 0 aliphatic heterocycles. The van der Waals surface area contributed by atoms with E-state index in [1.165, 1.54) is 44.5 Å². The highest BCUT2D eigenvalue weighted by Crippen LogP contribution is 2.52. The molecule has 0 fully saturated rings. The Bertz CT molecular complexity index is 3090. The average molecular weight is 979 g/mol. The quantitative estimate of drug-likeness (QED) is 0.0897. The monoisotopic (exact) mass is 979 g/mol. The van der Waals surface area contributed by atoms with Crippen LogP contribution >= 0.6 is 0 Å². The fraction of sp³-hybridized carbons (Fsp3) is 0.118. The molecule has 0 saturated carbocycles. The predicted octanol–water partition coefficient (Wildman–Crippen LogP) is 18.8. The van der Waals surface area contributed by atoms with E-state index in [2.05, 4.69) is 306 Å². The molecule has 10 rings (SSSR count). The Labute approximate surface area is 444 Å². The molecule has 0 amide bonds. The van der Waals surface area contributed by atoms with Gasteiger partial charge in [-0.15, -0.1) is 0 Å². The summed E-state index contributed by atoms with van der Waals surface area (Å²) in [6, 6.07) is 82.3. The second-order valence-electron chi connectivity index (χ2n) is 19.7. The van der Waals surface area contributed by atoms with Crippen molar-refractivity contribution in [1.82, 2.24) is 0 Å². The maximum Gasteiger partial charge on any atom is 0.576 e. The van der Waals surface area contributed by atoms with E-state index in [-0.39, 0.29) is 7.69 Å². The maximum absolute atomic E-state index is 7.16. The Morgan fingerprint density at radius 2 is 0.413 bits per heavy atom. The molecular formula is C68H63BN4O2. The normalized spacial score (nSPS) is 10.9. The lowest BCUT2D eigenvalue weighted by Gasteiger charge is -2.35. The third-order valence-corrected chi connectivity index (χ3v) is 13.7. The standard InChI is InChI=1S/C68H63BN4O2/c1-47-15-31-55(32-16-47)70(56-33-17-48(2)18-34-56)63-11-9-13-65(67(63)72(59-39-23-51(5)24-40-59)60-41-25-52(6)26-42-60)74-69-75-66-14-10-12-64(71(57-35-19-49(3)20-36-57)58-37-21-50(4)22-38-58)68(66)73(61-43-27-53(7)28-44-61)62-45-29-54(8)30-46-62/h9-46,69H,1-8H3. The van der Waals surface area contributed by atoms with Gasteiger partial charge in [-0.1, -0.05) is 154 Å². The van der Waals surface area contributed by atoms with Gasteiger partial charge in [0.15, 0.2) is 0 Å². The SMILES string of the molecule is Cc1ccc(N(c2ccc(C)cc2)c2cccc(OBOc3cccc(N(c4ccc(C)cc4)c4ccc(C)cc4)c3N(c3ccc(C)cc3)c3ccc(C)cc3)c2N(c2ccc(C)cc2)c2ccc(C)cc2)cc1. The van der Waals surface area contributed by atoms with Gasteiger partial charge >= 0.3 is 7.69 Å². The van der Waals surface area contributed by atoms with Crippen molar-refractivity contribution in [2.75, 3.05) is 19.6 Å². The van der Waals surface area contributed by atoms with E-state index in [4.69, 9.17) is 9.31 Å². The van der Waals surface area contributed by atoms with Gasteiger partial charge in [-0.2, -0.15) is 0 Å². The zero-order valence-corrected chi connectivity index (χ0v) is 44.3. The summed E-state index contributed by atoms with van der Waals surface area (Å²) in [5.41, 5.74) is 21.1. The van der Waals surface area contributed by atoms with Crippen LogP contribution in [-0.2, 0) is 0 Å². The van der Waals surface area contributed by atoms with Gasteiger partial charge in [-0.3, -0.25) is 0 Å². The van der Waals surface area contributed by atoms with Crippen LogP contribution < -0.4 is 28.9 Å². The van der Waals surface area contributed by atoms with Crippen LogP contribution in [0.2, 0.25) is 0 Å². The zero-order chi connectivity index (χ0) is 52.0. The summed E-state index contributed by atoms with van der Waals surface area (Å²) < 4.78 is 14.3. The first-order valence-corrected chi connectivity index (χ1v) is 25.7. The first-order valence-electron chi connectivity index (χ1n) is 25.7. The summed E-state index contributed by atoms with van der Waals surface area (Å²) in [4.78, 5) is 9.26. The molecule has 0 aliphatic carbocycles. The summed E-state index contributed by atoms with van der Waals surface area (Å²) in [6.45, 7) is 17.0. The van der Waals surface area contributed by atoms with Gasteiger partial charge < -0.3 is 28.9 Å². The average Bonchev–Trinajstić information content (AvgIpc) is 3.42. The maximum atomic E-state index is 7.16. The van der Waals surface area contributed by atoms with E-state index < -0.39 is 0 Å². The highest BCUT2D eigenvalue weighted by Gasteiger charge is 2.29. The second kappa shape index (κ2) is 22.0. The van der Waals surface area contributed by atoms with E-state index >= 15 is 0 Å². The molecule has 0 spiro atoms. The van der Waals surface area contributed by atoms with Crippen molar-refractivity contribution in [2.24, 2.45) is 0 Å².